The van der Waals surface area contributed by atoms with Crippen molar-refractivity contribution in [2.75, 3.05) is 26.7 Å². The molecule has 0 aliphatic carbocycles. The second kappa shape index (κ2) is 6.71. The van der Waals surface area contributed by atoms with Crippen molar-refractivity contribution in [3.63, 3.8) is 0 Å². The van der Waals surface area contributed by atoms with Crippen molar-refractivity contribution >= 4 is 5.91 Å². The lowest BCUT2D eigenvalue weighted by atomic mass is 10.1. The van der Waals surface area contributed by atoms with Crippen LogP contribution in [-0.4, -0.2) is 50.2 Å². The number of alkyl halides is 2. The fourth-order valence-electron chi connectivity index (χ4n) is 2.31. The van der Waals surface area contributed by atoms with Crippen molar-refractivity contribution in [1.29, 1.82) is 0 Å². The number of methoxy groups -OCH3 is 1. The van der Waals surface area contributed by atoms with E-state index in [1.54, 1.807) is 11.0 Å². The summed E-state index contributed by atoms with van der Waals surface area (Å²) in [7, 11) is 1.35. The molecule has 116 valence electrons. The number of rotatable bonds is 4. The molecule has 5 nitrogen and oxygen atoms in total. The molecule has 21 heavy (non-hydrogen) atoms. The van der Waals surface area contributed by atoms with Gasteiger partial charge < -0.3 is 19.7 Å². The van der Waals surface area contributed by atoms with Gasteiger partial charge in [-0.1, -0.05) is 0 Å². The van der Waals surface area contributed by atoms with Crippen molar-refractivity contribution in [2.45, 2.75) is 19.6 Å². The largest absolute Gasteiger partial charge is 0.493 e. The van der Waals surface area contributed by atoms with E-state index in [2.05, 4.69) is 10.1 Å². The lowest BCUT2D eigenvalue weighted by Gasteiger charge is -2.34. The van der Waals surface area contributed by atoms with Crippen molar-refractivity contribution in [1.82, 2.24) is 10.2 Å². The Hall–Kier alpha value is -1.89. The molecule has 1 fully saturated rings. The number of benzene rings is 1. The van der Waals surface area contributed by atoms with E-state index in [-0.39, 0.29) is 23.4 Å². The third-order valence-electron chi connectivity index (χ3n) is 3.39. The molecule has 1 amide bonds. The fourth-order valence-corrected chi connectivity index (χ4v) is 2.31. The minimum absolute atomic E-state index is 0.0489. The van der Waals surface area contributed by atoms with Gasteiger partial charge in [0.25, 0.3) is 5.91 Å². The Bertz CT molecular complexity index is 511. The van der Waals surface area contributed by atoms with Crippen LogP contribution in [0.25, 0.3) is 0 Å². The van der Waals surface area contributed by atoms with E-state index in [4.69, 9.17) is 4.74 Å². The number of hydrogen-bond acceptors (Lipinski definition) is 4. The summed E-state index contributed by atoms with van der Waals surface area (Å²) in [5, 5.41) is 3.19. The molecule has 0 radical (unpaired) electrons. The van der Waals surface area contributed by atoms with Gasteiger partial charge in [0.2, 0.25) is 0 Å². The molecule has 1 aromatic rings. The summed E-state index contributed by atoms with van der Waals surface area (Å²) < 4.78 is 34.2. The fraction of sp³-hybridized carbons (Fsp3) is 0.500. The minimum atomic E-state index is -2.97. The Kier molecular flexibility index (Phi) is 4.95. The minimum Gasteiger partial charge on any atom is -0.493 e. The number of carbonyl (C=O) groups is 1. The average Bonchev–Trinajstić information content (AvgIpc) is 2.46. The smallest absolute Gasteiger partial charge is 0.387 e. The van der Waals surface area contributed by atoms with Crippen LogP contribution in [0.4, 0.5) is 8.78 Å². The quantitative estimate of drug-likeness (QED) is 0.920. The van der Waals surface area contributed by atoms with E-state index in [0.717, 1.165) is 0 Å². The predicted molar refractivity (Wildman–Crippen MR) is 73.0 cm³/mol. The number of carbonyl (C=O) groups excluding carboxylic acids is 1. The summed E-state index contributed by atoms with van der Waals surface area (Å²) in [4.78, 5) is 14.2. The molecule has 1 heterocycles. The summed E-state index contributed by atoms with van der Waals surface area (Å²) in [5.41, 5.74) is 0.306. The second-order valence-electron chi connectivity index (χ2n) is 4.80. The van der Waals surface area contributed by atoms with Gasteiger partial charge in [-0.3, -0.25) is 4.79 Å². The van der Waals surface area contributed by atoms with E-state index in [1.165, 1.54) is 19.2 Å². The molecule has 1 saturated heterocycles. The van der Waals surface area contributed by atoms with Gasteiger partial charge in [0.15, 0.2) is 11.5 Å². The monoisotopic (exact) mass is 300 g/mol. The lowest BCUT2D eigenvalue weighted by molar-refractivity contribution is -0.0512. The first kappa shape index (κ1) is 15.5. The highest BCUT2D eigenvalue weighted by Gasteiger charge is 2.25. The van der Waals surface area contributed by atoms with Crippen LogP contribution >= 0.6 is 0 Å². The third-order valence-corrected chi connectivity index (χ3v) is 3.39. The van der Waals surface area contributed by atoms with Crippen molar-refractivity contribution < 1.29 is 23.0 Å². The maximum Gasteiger partial charge on any atom is 0.387 e. The summed E-state index contributed by atoms with van der Waals surface area (Å²) in [5.74, 6) is -0.174. The number of amides is 1. The van der Waals surface area contributed by atoms with Gasteiger partial charge in [-0.2, -0.15) is 8.78 Å². The summed E-state index contributed by atoms with van der Waals surface area (Å²) in [6, 6.07) is 4.35. The van der Waals surface area contributed by atoms with Crippen LogP contribution in [0.2, 0.25) is 0 Å². The SMILES string of the molecule is COc1ccc(C(=O)N2CCNC[C@H]2C)cc1OC(F)F. The normalized spacial score (nSPS) is 18.7. The summed E-state index contributed by atoms with van der Waals surface area (Å²) in [6.45, 7) is 0.971. The van der Waals surface area contributed by atoms with Crippen molar-refractivity contribution in [3.8, 4) is 11.5 Å². The first-order valence-electron chi connectivity index (χ1n) is 6.67. The third kappa shape index (κ3) is 3.60. The number of ether oxygens (including phenoxy) is 2. The van der Waals surface area contributed by atoms with Gasteiger partial charge in [-0.25, -0.2) is 0 Å². The Labute approximate surface area is 121 Å². The summed E-state index contributed by atoms with van der Waals surface area (Å²) in [6.07, 6.45) is 0. The zero-order valence-corrected chi connectivity index (χ0v) is 11.9. The molecule has 1 atom stereocenters. The zero-order chi connectivity index (χ0) is 15.4. The average molecular weight is 300 g/mol. The summed E-state index contributed by atoms with van der Waals surface area (Å²) >= 11 is 0. The highest BCUT2D eigenvalue weighted by molar-refractivity contribution is 5.95. The molecular weight excluding hydrogens is 282 g/mol. The molecule has 1 aromatic carbocycles. The van der Waals surface area contributed by atoms with Gasteiger partial charge in [0.05, 0.1) is 7.11 Å². The maximum absolute atomic E-state index is 12.5. The molecule has 1 aliphatic heterocycles. The van der Waals surface area contributed by atoms with E-state index in [0.29, 0.717) is 25.2 Å². The molecule has 0 aromatic heterocycles. The molecule has 0 spiro atoms. The highest BCUT2D eigenvalue weighted by Crippen LogP contribution is 2.30. The van der Waals surface area contributed by atoms with Crippen LogP contribution in [0.1, 0.15) is 17.3 Å². The highest BCUT2D eigenvalue weighted by atomic mass is 19.3. The molecule has 0 bridgehead atoms. The number of nitrogens with zero attached hydrogens (tertiary/aromatic N) is 1. The Morgan fingerprint density at radius 3 is 2.81 bits per heavy atom. The van der Waals surface area contributed by atoms with E-state index < -0.39 is 6.61 Å². The first-order valence-corrected chi connectivity index (χ1v) is 6.67. The van der Waals surface area contributed by atoms with Crippen LogP contribution in [0, 0.1) is 0 Å². The van der Waals surface area contributed by atoms with Gasteiger partial charge in [0.1, 0.15) is 0 Å². The Morgan fingerprint density at radius 1 is 1.43 bits per heavy atom. The molecule has 1 N–H and O–H groups in total. The molecule has 2 rings (SSSR count). The van der Waals surface area contributed by atoms with Gasteiger partial charge in [-0.15, -0.1) is 0 Å². The van der Waals surface area contributed by atoms with E-state index >= 15 is 0 Å². The number of halogens is 2. The predicted octanol–water partition coefficient (Wildman–Crippen LogP) is 1.73. The number of hydrogen-bond donors (Lipinski definition) is 1. The van der Waals surface area contributed by atoms with Crippen molar-refractivity contribution in [2.24, 2.45) is 0 Å². The number of nitrogens with one attached hydrogen (secondary N) is 1. The number of piperazine rings is 1. The molecule has 0 unspecified atom stereocenters. The maximum atomic E-state index is 12.5. The second-order valence-corrected chi connectivity index (χ2v) is 4.80. The van der Waals surface area contributed by atoms with Crippen LogP contribution in [0.15, 0.2) is 18.2 Å². The van der Waals surface area contributed by atoms with Gasteiger partial charge >= 0.3 is 6.61 Å². The zero-order valence-electron chi connectivity index (χ0n) is 11.9. The van der Waals surface area contributed by atoms with Crippen LogP contribution < -0.4 is 14.8 Å². The van der Waals surface area contributed by atoms with Crippen LogP contribution in [-0.2, 0) is 0 Å². The Balaban J connectivity index is 2.24. The van der Waals surface area contributed by atoms with Crippen LogP contribution in [0.3, 0.4) is 0 Å². The van der Waals surface area contributed by atoms with Gasteiger partial charge in [-0.05, 0) is 25.1 Å². The van der Waals surface area contributed by atoms with E-state index in [9.17, 15) is 13.6 Å². The molecule has 0 saturated carbocycles. The van der Waals surface area contributed by atoms with Crippen molar-refractivity contribution in [3.05, 3.63) is 23.8 Å². The molecule has 7 heteroatoms. The lowest BCUT2D eigenvalue weighted by Crippen LogP contribution is -2.52. The standard InChI is InChI=1S/C14H18F2N2O3/c1-9-8-17-5-6-18(9)13(19)10-3-4-11(20-2)12(7-10)21-14(15)16/h3-4,7,9,14,17H,5-6,8H2,1-2H3/t9-/m1/s1. The topological polar surface area (TPSA) is 50.8 Å². The van der Waals surface area contributed by atoms with E-state index in [1.807, 2.05) is 6.92 Å². The van der Waals surface area contributed by atoms with Gasteiger partial charge in [0, 0.05) is 31.2 Å². The Morgan fingerprint density at radius 2 is 2.19 bits per heavy atom. The first-order chi connectivity index (χ1) is 10.0. The molecule has 1 aliphatic rings. The molecular formula is C14H18F2N2O3. The van der Waals surface area contributed by atoms with Crippen LogP contribution in [0.5, 0.6) is 11.5 Å².